The number of methoxy groups -OCH3 is 2. The van der Waals surface area contributed by atoms with Gasteiger partial charge in [0.15, 0.2) is 17.3 Å². The first-order valence-corrected chi connectivity index (χ1v) is 12.2. The van der Waals surface area contributed by atoms with Crippen LogP contribution in [0.25, 0.3) is 20.9 Å². The molecule has 1 N–H and O–H groups in total. The summed E-state index contributed by atoms with van der Waals surface area (Å²) in [4.78, 5) is 27.1. The fourth-order valence-corrected chi connectivity index (χ4v) is 4.81. The van der Waals surface area contributed by atoms with E-state index in [2.05, 4.69) is 40.9 Å². The van der Waals surface area contributed by atoms with Gasteiger partial charge >= 0.3 is 0 Å². The van der Waals surface area contributed by atoms with Gasteiger partial charge in [-0.2, -0.15) is 5.10 Å². The van der Waals surface area contributed by atoms with Crippen molar-refractivity contribution >= 4 is 29.2 Å². The van der Waals surface area contributed by atoms with E-state index >= 15 is 0 Å². The van der Waals surface area contributed by atoms with Crippen molar-refractivity contribution in [1.29, 1.82) is 0 Å². The first-order chi connectivity index (χ1) is 17.6. The average Bonchev–Trinajstić information content (AvgIpc) is 3.36. The Morgan fingerprint density at radius 3 is 2.17 bits per heavy atom. The molecule has 3 aromatic carbocycles. The van der Waals surface area contributed by atoms with E-state index in [4.69, 9.17) is 9.47 Å². The molecule has 0 saturated heterocycles. The van der Waals surface area contributed by atoms with Gasteiger partial charge in [0.1, 0.15) is 0 Å². The summed E-state index contributed by atoms with van der Waals surface area (Å²) in [5.74, 6) is 0.517. The SMILES string of the molecule is COc1ccc(C(=O)CCC(=O)N/N=C/c2cc(-c3ccccc3)sc2-c2ccccc2)cc1OC. The third-order valence-electron chi connectivity index (χ3n) is 5.53. The monoisotopic (exact) mass is 498 g/mol. The molecule has 0 spiro atoms. The third kappa shape index (κ3) is 6.06. The molecule has 0 radical (unpaired) electrons. The van der Waals surface area contributed by atoms with Crippen molar-refractivity contribution in [3.8, 4) is 32.4 Å². The molecule has 0 bridgehead atoms. The molecular weight excluding hydrogens is 472 g/mol. The fraction of sp³-hybridized carbons (Fsp3) is 0.138. The smallest absolute Gasteiger partial charge is 0.240 e. The van der Waals surface area contributed by atoms with E-state index in [-0.39, 0.29) is 24.5 Å². The highest BCUT2D eigenvalue weighted by Crippen LogP contribution is 2.37. The Morgan fingerprint density at radius 1 is 0.833 bits per heavy atom. The number of amides is 1. The molecule has 0 unspecified atom stereocenters. The molecule has 0 atom stereocenters. The van der Waals surface area contributed by atoms with Crippen LogP contribution in [0.1, 0.15) is 28.8 Å². The van der Waals surface area contributed by atoms with E-state index in [1.54, 1.807) is 35.8 Å². The minimum absolute atomic E-state index is 0.0228. The number of hydrogen-bond donors (Lipinski definition) is 1. The third-order valence-corrected chi connectivity index (χ3v) is 6.78. The Balaban J connectivity index is 1.42. The Labute approximate surface area is 214 Å². The van der Waals surface area contributed by atoms with Gasteiger partial charge in [0.2, 0.25) is 5.91 Å². The zero-order chi connectivity index (χ0) is 25.3. The van der Waals surface area contributed by atoms with Gasteiger partial charge in [0.25, 0.3) is 0 Å². The number of hydrogen-bond acceptors (Lipinski definition) is 6. The molecule has 0 aliphatic carbocycles. The average molecular weight is 499 g/mol. The molecule has 1 heterocycles. The summed E-state index contributed by atoms with van der Waals surface area (Å²) in [6.07, 6.45) is 1.73. The molecule has 4 rings (SSSR count). The van der Waals surface area contributed by atoms with Crippen molar-refractivity contribution < 1.29 is 19.1 Å². The first kappa shape index (κ1) is 24.9. The Morgan fingerprint density at radius 2 is 1.50 bits per heavy atom. The summed E-state index contributed by atoms with van der Waals surface area (Å²) in [5, 5.41) is 4.17. The molecule has 182 valence electrons. The maximum absolute atomic E-state index is 12.5. The highest BCUT2D eigenvalue weighted by Gasteiger charge is 2.14. The lowest BCUT2D eigenvalue weighted by atomic mass is 10.1. The number of carbonyl (C=O) groups excluding carboxylic acids is 2. The normalized spacial score (nSPS) is 10.8. The Bertz CT molecular complexity index is 1360. The van der Waals surface area contributed by atoms with Gasteiger partial charge in [0.05, 0.1) is 20.4 Å². The fourth-order valence-electron chi connectivity index (χ4n) is 3.67. The summed E-state index contributed by atoms with van der Waals surface area (Å²) >= 11 is 1.67. The number of Topliss-reactive ketones (excluding diaryl/α,β-unsaturated/α-hetero) is 1. The Hall–Kier alpha value is -4.23. The predicted octanol–water partition coefficient (Wildman–Crippen LogP) is 6.21. The lowest BCUT2D eigenvalue weighted by Gasteiger charge is -2.08. The molecule has 1 aromatic heterocycles. The van der Waals surface area contributed by atoms with Crippen LogP contribution in [0, 0.1) is 0 Å². The maximum Gasteiger partial charge on any atom is 0.240 e. The lowest BCUT2D eigenvalue weighted by molar-refractivity contribution is -0.121. The summed E-state index contributed by atoms with van der Waals surface area (Å²) in [6, 6.07) is 27.2. The van der Waals surface area contributed by atoms with Crippen LogP contribution in [0.3, 0.4) is 0 Å². The van der Waals surface area contributed by atoms with E-state index in [9.17, 15) is 9.59 Å². The molecule has 6 nitrogen and oxygen atoms in total. The van der Waals surface area contributed by atoms with Crippen LogP contribution in [-0.2, 0) is 4.79 Å². The molecular formula is C29H26N2O4S. The van der Waals surface area contributed by atoms with Crippen LogP contribution < -0.4 is 14.9 Å². The Kier molecular flexibility index (Phi) is 8.26. The zero-order valence-corrected chi connectivity index (χ0v) is 20.9. The van der Waals surface area contributed by atoms with Gasteiger partial charge in [-0.25, -0.2) is 5.43 Å². The number of ether oxygens (including phenoxy) is 2. The molecule has 0 aliphatic rings. The highest BCUT2D eigenvalue weighted by atomic mass is 32.1. The van der Waals surface area contributed by atoms with Gasteiger partial charge in [-0.1, -0.05) is 60.7 Å². The van der Waals surface area contributed by atoms with Gasteiger partial charge < -0.3 is 9.47 Å². The van der Waals surface area contributed by atoms with E-state index in [1.165, 1.54) is 14.2 Å². The number of benzene rings is 3. The van der Waals surface area contributed by atoms with Crippen LogP contribution in [0.15, 0.2) is 90.0 Å². The lowest BCUT2D eigenvalue weighted by Crippen LogP contribution is -2.18. The molecule has 4 aromatic rings. The summed E-state index contributed by atoms with van der Waals surface area (Å²) in [6.45, 7) is 0. The van der Waals surface area contributed by atoms with Crippen molar-refractivity contribution in [2.75, 3.05) is 14.2 Å². The molecule has 0 aliphatic heterocycles. The quantitative estimate of drug-likeness (QED) is 0.160. The summed E-state index contributed by atoms with van der Waals surface area (Å²) < 4.78 is 10.4. The number of nitrogens with one attached hydrogen (secondary N) is 1. The largest absolute Gasteiger partial charge is 0.493 e. The van der Waals surface area contributed by atoms with Crippen molar-refractivity contribution in [1.82, 2.24) is 5.43 Å². The van der Waals surface area contributed by atoms with Crippen LogP contribution >= 0.6 is 11.3 Å². The standard InChI is InChI=1S/C29H26N2O4S/c1-34-25-15-13-22(17-26(25)35-2)24(32)14-16-28(33)31-30-19-23-18-27(20-9-5-3-6-10-20)36-29(23)21-11-7-4-8-12-21/h3-13,15,17-19H,14,16H2,1-2H3,(H,31,33)/b30-19+. The van der Waals surface area contributed by atoms with Crippen LogP contribution in [0.4, 0.5) is 0 Å². The number of nitrogens with zero attached hydrogens (tertiary/aromatic N) is 1. The zero-order valence-electron chi connectivity index (χ0n) is 20.1. The van der Waals surface area contributed by atoms with Crippen molar-refractivity contribution in [2.45, 2.75) is 12.8 Å². The molecule has 36 heavy (non-hydrogen) atoms. The molecule has 0 saturated carbocycles. The minimum atomic E-state index is -0.333. The van der Waals surface area contributed by atoms with E-state index < -0.39 is 0 Å². The second-order valence-electron chi connectivity index (χ2n) is 7.91. The van der Waals surface area contributed by atoms with Crippen LogP contribution in [0.2, 0.25) is 0 Å². The van der Waals surface area contributed by atoms with Gasteiger partial charge in [0, 0.05) is 33.7 Å². The second-order valence-corrected chi connectivity index (χ2v) is 8.97. The van der Waals surface area contributed by atoms with Crippen molar-refractivity contribution in [2.24, 2.45) is 5.10 Å². The number of rotatable bonds is 10. The van der Waals surface area contributed by atoms with Crippen molar-refractivity contribution in [3.05, 3.63) is 96.1 Å². The van der Waals surface area contributed by atoms with Crippen LogP contribution in [0.5, 0.6) is 11.5 Å². The molecule has 1 amide bonds. The van der Waals surface area contributed by atoms with E-state index in [0.717, 1.165) is 26.4 Å². The number of carbonyl (C=O) groups is 2. The van der Waals surface area contributed by atoms with Crippen LogP contribution in [-0.4, -0.2) is 32.1 Å². The first-order valence-electron chi connectivity index (χ1n) is 11.4. The minimum Gasteiger partial charge on any atom is -0.493 e. The number of thiophene rings is 1. The van der Waals surface area contributed by atoms with E-state index in [0.29, 0.717) is 17.1 Å². The number of ketones is 1. The highest BCUT2D eigenvalue weighted by molar-refractivity contribution is 7.19. The topological polar surface area (TPSA) is 77.0 Å². The van der Waals surface area contributed by atoms with Crippen molar-refractivity contribution in [3.63, 3.8) is 0 Å². The van der Waals surface area contributed by atoms with E-state index in [1.807, 2.05) is 36.4 Å². The second kappa shape index (κ2) is 12.0. The summed E-state index contributed by atoms with van der Waals surface area (Å²) in [7, 11) is 3.04. The number of hydrazone groups is 1. The molecule has 0 fully saturated rings. The predicted molar refractivity (Wildman–Crippen MR) is 144 cm³/mol. The maximum atomic E-state index is 12.5. The van der Waals surface area contributed by atoms with Gasteiger partial charge in [-0.15, -0.1) is 11.3 Å². The summed E-state index contributed by atoms with van der Waals surface area (Å²) in [5.41, 5.74) is 6.12. The van der Waals surface area contributed by atoms with Gasteiger partial charge in [-0.3, -0.25) is 9.59 Å². The van der Waals surface area contributed by atoms with Gasteiger partial charge in [-0.05, 0) is 35.4 Å². The molecule has 7 heteroatoms.